The van der Waals surface area contributed by atoms with Gasteiger partial charge in [-0.05, 0) is 43.2 Å². The van der Waals surface area contributed by atoms with Crippen molar-refractivity contribution in [1.29, 1.82) is 0 Å². The Morgan fingerprint density at radius 2 is 1.62 bits per heavy atom. The molecule has 0 aliphatic rings. The second-order valence-electron chi connectivity index (χ2n) is 4.62. The number of hydrogen-bond acceptors (Lipinski definition) is 2. The Labute approximate surface area is 142 Å². The van der Waals surface area contributed by atoms with Crippen molar-refractivity contribution in [2.75, 3.05) is 4.72 Å². The molecule has 2 rings (SSSR count). The van der Waals surface area contributed by atoms with Crippen LogP contribution >= 0.6 is 39.1 Å². The SMILES string of the molecule is Cc1ccc(C)c(NS(=O)(=O)c2c(Cl)cc(Br)cc2Cl)c1. The Bertz CT molecular complexity index is 784. The third-order valence-corrected chi connectivity index (χ3v) is 5.61. The zero-order valence-corrected chi connectivity index (χ0v) is 15.2. The molecule has 0 unspecified atom stereocenters. The van der Waals surface area contributed by atoms with Gasteiger partial charge in [0.25, 0.3) is 10.0 Å². The first-order chi connectivity index (χ1) is 9.70. The van der Waals surface area contributed by atoms with Crippen LogP contribution in [0.1, 0.15) is 11.1 Å². The van der Waals surface area contributed by atoms with Crippen molar-refractivity contribution in [3.8, 4) is 0 Å². The predicted octanol–water partition coefficient (Wildman–Crippen LogP) is 5.17. The molecular weight excluding hydrogens is 397 g/mol. The number of rotatable bonds is 3. The summed E-state index contributed by atoms with van der Waals surface area (Å²) in [7, 11) is -3.87. The number of nitrogens with one attached hydrogen (secondary N) is 1. The van der Waals surface area contributed by atoms with E-state index in [-0.39, 0.29) is 14.9 Å². The minimum atomic E-state index is -3.87. The first-order valence-corrected chi connectivity index (χ1v) is 8.98. The standard InChI is InChI=1S/C14H12BrCl2NO2S/c1-8-3-4-9(2)13(5-8)18-21(19,20)14-11(16)6-10(15)7-12(14)17/h3-7,18H,1-2H3. The van der Waals surface area contributed by atoms with Crippen LogP contribution < -0.4 is 4.72 Å². The van der Waals surface area contributed by atoms with Crippen LogP contribution in [0, 0.1) is 13.8 Å². The highest BCUT2D eigenvalue weighted by atomic mass is 79.9. The summed E-state index contributed by atoms with van der Waals surface area (Å²) in [6.45, 7) is 3.71. The minimum absolute atomic E-state index is 0.0622. The Morgan fingerprint density at radius 1 is 1.05 bits per heavy atom. The number of hydrogen-bond donors (Lipinski definition) is 1. The van der Waals surface area contributed by atoms with Crippen LogP contribution in [0.25, 0.3) is 0 Å². The molecule has 0 saturated carbocycles. The van der Waals surface area contributed by atoms with Crippen molar-refractivity contribution in [3.05, 3.63) is 56.0 Å². The normalized spacial score (nSPS) is 11.5. The Kier molecular flexibility index (Phi) is 4.88. The van der Waals surface area contributed by atoms with Crippen molar-refractivity contribution >= 4 is 54.8 Å². The second-order valence-corrected chi connectivity index (χ2v) is 7.97. The molecule has 0 bridgehead atoms. The van der Waals surface area contributed by atoms with E-state index >= 15 is 0 Å². The summed E-state index contributed by atoms with van der Waals surface area (Å²) < 4.78 is 28.2. The molecule has 0 aliphatic heterocycles. The van der Waals surface area contributed by atoms with E-state index in [2.05, 4.69) is 20.7 Å². The van der Waals surface area contributed by atoms with Gasteiger partial charge in [-0.2, -0.15) is 0 Å². The fourth-order valence-electron chi connectivity index (χ4n) is 1.83. The fraction of sp³-hybridized carbons (Fsp3) is 0.143. The summed E-state index contributed by atoms with van der Waals surface area (Å²) in [6.07, 6.45) is 0. The predicted molar refractivity (Wildman–Crippen MR) is 90.9 cm³/mol. The van der Waals surface area contributed by atoms with Crippen LogP contribution in [-0.4, -0.2) is 8.42 Å². The van der Waals surface area contributed by atoms with E-state index < -0.39 is 10.0 Å². The summed E-state index contributed by atoms with van der Waals surface area (Å²) in [4.78, 5) is -0.130. The number of sulfonamides is 1. The van der Waals surface area contributed by atoms with Gasteiger partial charge in [-0.3, -0.25) is 4.72 Å². The first kappa shape index (κ1) is 16.6. The maximum Gasteiger partial charge on any atom is 0.264 e. The molecule has 0 radical (unpaired) electrons. The molecule has 0 saturated heterocycles. The molecule has 3 nitrogen and oxygen atoms in total. The highest BCUT2D eigenvalue weighted by Crippen LogP contribution is 2.34. The summed E-state index contributed by atoms with van der Waals surface area (Å²) in [5, 5.41) is 0.124. The molecule has 2 aromatic carbocycles. The van der Waals surface area contributed by atoms with Crippen LogP contribution in [-0.2, 0) is 10.0 Å². The van der Waals surface area contributed by atoms with Gasteiger partial charge in [0.2, 0.25) is 0 Å². The first-order valence-electron chi connectivity index (χ1n) is 5.95. The summed E-state index contributed by atoms with van der Waals surface area (Å²) in [6, 6.07) is 8.49. The largest absolute Gasteiger partial charge is 0.279 e. The smallest absolute Gasteiger partial charge is 0.264 e. The fourth-order valence-corrected chi connectivity index (χ4v) is 4.89. The lowest BCUT2D eigenvalue weighted by molar-refractivity contribution is 0.601. The van der Waals surface area contributed by atoms with Gasteiger partial charge < -0.3 is 0 Å². The Balaban J connectivity index is 2.51. The highest BCUT2D eigenvalue weighted by Gasteiger charge is 2.23. The van der Waals surface area contributed by atoms with Crippen LogP contribution in [0.4, 0.5) is 5.69 Å². The van der Waals surface area contributed by atoms with Gasteiger partial charge in [-0.15, -0.1) is 0 Å². The average Bonchev–Trinajstić information content (AvgIpc) is 2.31. The Hall–Kier alpha value is -0.750. The molecule has 2 aromatic rings. The van der Waals surface area contributed by atoms with Crippen molar-refractivity contribution in [2.24, 2.45) is 0 Å². The zero-order chi connectivity index (χ0) is 15.8. The Morgan fingerprint density at radius 3 is 2.19 bits per heavy atom. The van der Waals surface area contributed by atoms with E-state index in [1.165, 1.54) is 12.1 Å². The summed E-state index contributed by atoms with van der Waals surface area (Å²) in [5.41, 5.74) is 2.27. The van der Waals surface area contributed by atoms with Crippen molar-refractivity contribution < 1.29 is 8.42 Å². The van der Waals surface area contributed by atoms with Crippen LogP contribution in [0.15, 0.2) is 39.7 Å². The van der Waals surface area contributed by atoms with Gasteiger partial charge >= 0.3 is 0 Å². The molecule has 0 spiro atoms. The molecule has 0 aliphatic carbocycles. The number of halogens is 3. The van der Waals surface area contributed by atoms with E-state index in [1.54, 1.807) is 6.07 Å². The van der Waals surface area contributed by atoms with Crippen molar-refractivity contribution in [1.82, 2.24) is 0 Å². The van der Waals surface area contributed by atoms with E-state index in [4.69, 9.17) is 23.2 Å². The molecule has 0 atom stereocenters. The lowest BCUT2D eigenvalue weighted by Crippen LogP contribution is -2.15. The van der Waals surface area contributed by atoms with E-state index in [1.807, 2.05) is 26.0 Å². The van der Waals surface area contributed by atoms with Gasteiger partial charge in [0.05, 0.1) is 15.7 Å². The number of benzene rings is 2. The third kappa shape index (κ3) is 3.72. The van der Waals surface area contributed by atoms with Gasteiger partial charge in [-0.25, -0.2) is 8.42 Å². The summed E-state index contributed by atoms with van der Waals surface area (Å²) in [5.74, 6) is 0. The molecule has 0 heterocycles. The monoisotopic (exact) mass is 407 g/mol. The van der Waals surface area contributed by atoms with Crippen molar-refractivity contribution in [3.63, 3.8) is 0 Å². The molecule has 0 fully saturated rings. The van der Waals surface area contributed by atoms with Crippen LogP contribution in [0.5, 0.6) is 0 Å². The quantitative estimate of drug-likeness (QED) is 0.760. The molecule has 1 N–H and O–H groups in total. The topological polar surface area (TPSA) is 46.2 Å². The van der Waals surface area contributed by atoms with Crippen LogP contribution in [0.3, 0.4) is 0 Å². The lowest BCUT2D eigenvalue weighted by atomic mass is 10.1. The molecule has 7 heteroatoms. The maximum atomic E-state index is 12.5. The zero-order valence-electron chi connectivity index (χ0n) is 11.2. The average molecular weight is 409 g/mol. The van der Waals surface area contributed by atoms with Gasteiger partial charge in [0.1, 0.15) is 4.90 Å². The van der Waals surface area contributed by atoms with Gasteiger partial charge in [-0.1, -0.05) is 51.3 Å². The van der Waals surface area contributed by atoms with Gasteiger partial charge in [0.15, 0.2) is 0 Å². The van der Waals surface area contributed by atoms with E-state index in [0.29, 0.717) is 10.2 Å². The van der Waals surface area contributed by atoms with Crippen LogP contribution in [0.2, 0.25) is 10.0 Å². The molecule has 112 valence electrons. The molecular formula is C14H12BrCl2NO2S. The molecule has 0 amide bonds. The number of aryl methyl sites for hydroxylation is 2. The lowest BCUT2D eigenvalue weighted by Gasteiger charge is -2.13. The van der Waals surface area contributed by atoms with E-state index in [0.717, 1.165) is 11.1 Å². The van der Waals surface area contributed by atoms with Gasteiger partial charge in [0, 0.05) is 4.47 Å². The third-order valence-electron chi connectivity index (χ3n) is 2.87. The molecule has 21 heavy (non-hydrogen) atoms. The minimum Gasteiger partial charge on any atom is -0.279 e. The summed E-state index contributed by atoms with van der Waals surface area (Å²) >= 11 is 15.3. The van der Waals surface area contributed by atoms with Crippen molar-refractivity contribution in [2.45, 2.75) is 18.7 Å². The molecule has 0 aromatic heterocycles. The second kappa shape index (κ2) is 6.16. The van der Waals surface area contributed by atoms with E-state index in [9.17, 15) is 8.42 Å². The number of anilines is 1. The highest BCUT2D eigenvalue weighted by molar-refractivity contribution is 9.10. The maximum absolute atomic E-state index is 12.5.